The molecule has 2 aromatic carbocycles. The van der Waals surface area contributed by atoms with Gasteiger partial charge in [0, 0.05) is 20.0 Å². The van der Waals surface area contributed by atoms with Crippen LogP contribution in [0.2, 0.25) is 0 Å². The number of nitrogens with zero attached hydrogens (tertiary/aromatic N) is 2. The summed E-state index contributed by atoms with van der Waals surface area (Å²) in [5.74, 6) is 1.55. The molecular formula is C19H18N2O3. The van der Waals surface area contributed by atoms with Gasteiger partial charge in [0.25, 0.3) is 0 Å². The lowest BCUT2D eigenvalue weighted by Gasteiger charge is -2.17. The van der Waals surface area contributed by atoms with Crippen LogP contribution < -0.4 is 9.47 Å². The molecule has 0 fully saturated rings. The average molecular weight is 322 g/mol. The molecule has 0 aliphatic carbocycles. The van der Waals surface area contributed by atoms with Crippen LogP contribution in [-0.2, 0) is 17.8 Å². The van der Waals surface area contributed by atoms with Gasteiger partial charge in [-0.15, -0.1) is 0 Å². The molecular weight excluding hydrogens is 304 g/mol. The lowest BCUT2D eigenvalue weighted by molar-refractivity contribution is -0.130. The van der Waals surface area contributed by atoms with Gasteiger partial charge in [0.1, 0.15) is 0 Å². The largest absolute Gasteiger partial charge is 0.454 e. The number of fused-ring (bicyclic) bond motifs is 1. The normalized spacial score (nSPS) is 11.8. The molecule has 5 heteroatoms. The third-order valence-electron chi connectivity index (χ3n) is 3.99. The van der Waals surface area contributed by atoms with E-state index in [4.69, 9.17) is 14.7 Å². The molecule has 0 aromatic heterocycles. The molecule has 0 saturated heterocycles. The molecule has 0 radical (unpaired) electrons. The molecule has 3 rings (SSSR count). The van der Waals surface area contributed by atoms with Gasteiger partial charge in [-0.2, -0.15) is 5.26 Å². The molecule has 5 nitrogen and oxygen atoms in total. The second-order valence-corrected chi connectivity index (χ2v) is 5.75. The van der Waals surface area contributed by atoms with E-state index in [1.165, 1.54) is 0 Å². The van der Waals surface area contributed by atoms with E-state index in [1.807, 2.05) is 30.3 Å². The van der Waals surface area contributed by atoms with E-state index in [0.29, 0.717) is 24.9 Å². The second kappa shape index (κ2) is 7.05. The number of rotatable bonds is 5. The Morgan fingerprint density at radius 3 is 2.58 bits per heavy atom. The van der Waals surface area contributed by atoms with E-state index in [2.05, 4.69) is 6.07 Å². The zero-order chi connectivity index (χ0) is 16.9. The highest BCUT2D eigenvalue weighted by Crippen LogP contribution is 2.32. The van der Waals surface area contributed by atoms with Gasteiger partial charge in [-0.1, -0.05) is 18.2 Å². The van der Waals surface area contributed by atoms with E-state index < -0.39 is 0 Å². The highest BCUT2D eigenvalue weighted by Gasteiger charge is 2.15. The maximum Gasteiger partial charge on any atom is 0.231 e. The summed E-state index contributed by atoms with van der Waals surface area (Å²) in [4.78, 5) is 14.0. The number of aryl methyl sites for hydroxylation is 1. The second-order valence-electron chi connectivity index (χ2n) is 5.75. The molecule has 2 aromatic rings. The molecule has 1 amide bonds. The topological polar surface area (TPSA) is 62.6 Å². The summed E-state index contributed by atoms with van der Waals surface area (Å²) in [6.45, 7) is 0.779. The molecule has 0 bridgehead atoms. The number of benzene rings is 2. The fourth-order valence-corrected chi connectivity index (χ4v) is 2.59. The summed E-state index contributed by atoms with van der Waals surface area (Å²) < 4.78 is 10.6. The van der Waals surface area contributed by atoms with Crippen molar-refractivity contribution in [2.45, 2.75) is 19.4 Å². The van der Waals surface area contributed by atoms with Crippen molar-refractivity contribution in [1.29, 1.82) is 5.26 Å². The molecule has 1 aliphatic heterocycles. The smallest absolute Gasteiger partial charge is 0.231 e. The van der Waals surface area contributed by atoms with Crippen molar-refractivity contribution in [3.05, 3.63) is 59.2 Å². The zero-order valence-electron chi connectivity index (χ0n) is 13.5. The first-order chi connectivity index (χ1) is 11.7. The number of carbonyl (C=O) groups excluding carboxylic acids is 1. The van der Waals surface area contributed by atoms with Crippen LogP contribution in [0.1, 0.15) is 23.1 Å². The van der Waals surface area contributed by atoms with Crippen LogP contribution in [0.4, 0.5) is 0 Å². The van der Waals surface area contributed by atoms with Crippen LogP contribution in [0, 0.1) is 11.3 Å². The minimum Gasteiger partial charge on any atom is -0.454 e. The Labute approximate surface area is 141 Å². The van der Waals surface area contributed by atoms with Crippen LogP contribution in [0.25, 0.3) is 0 Å². The van der Waals surface area contributed by atoms with Crippen molar-refractivity contribution < 1.29 is 14.3 Å². The number of hydrogen-bond donors (Lipinski definition) is 0. The maximum absolute atomic E-state index is 12.3. The number of nitriles is 1. The third kappa shape index (κ3) is 3.66. The van der Waals surface area contributed by atoms with Crippen LogP contribution >= 0.6 is 0 Å². The number of hydrogen-bond acceptors (Lipinski definition) is 4. The lowest BCUT2D eigenvalue weighted by Crippen LogP contribution is -2.26. The predicted molar refractivity (Wildman–Crippen MR) is 88.5 cm³/mol. The highest BCUT2D eigenvalue weighted by molar-refractivity contribution is 5.76. The van der Waals surface area contributed by atoms with Gasteiger partial charge >= 0.3 is 0 Å². The number of amides is 1. The van der Waals surface area contributed by atoms with Gasteiger partial charge in [0.2, 0.25) is 12.7 Å². The van der Waals surface area contributed by atoms with Gasteiger partial charge in [-0.3, -0.25) is 4.79 Å². The van der Waals surface area contributed by atoms with E-state index in [1.54, 1.807) is 24.1 Å². The standard InChI is InChI=1S/C19H18N2O3/c1-21(12-16-6-8-17-18(10-16)24-13-23-17)19(22)9-7-14-2-4-15(11-20)5-3-14/h2-6,8,10H,7,9,12-13H2,1H3. The predicted octanol–water partition coefficient (Wildman–Crippen LogP) is 2.88. The summed E-state index contributed by atoms with van der Waals surface area (Å²) in [6, 6.07) is 15.1. The average Bonchev–Trinajstić information content (AvgIpc) is 3.07. The maximum atomic E-state index is 12.3. The van der Waals surface area contributed by atoms with Gasteiger partial charge in [0.15, 0.2) is 11.5 Å². The number of carbonyl (C=O) groups is 1. The molecule has 0 unspecified atom stereocenters. The number of ether oxygens (including phenoxy) is 2. The SMILES string of the molecule is CN(Cc1ccc2c(c1)OCO2)C(=O)CCc1ccc(C#N)cc1. The van der Waals surface area contributed by atoms with Crippen LogP contribution in [-0.4, -0.2) is 24.6 Å². The van der Waals surface area contributed by atoms with Crippen molar-refractivity contribution in [1.82, 2.24) is 4.90 Å². The monoisotopic (exact) mass is 322 g/mol. The minimum absolute atomic E-state index is 0.0806. The van der Waals surface area contributed by atoms with Crippen molar-refractivity contribution in [3.63, 3.8) is 0 Å². The fraction of sp³-hybridized carbons (Fsp3) is 0.263. The Kier molecular flexibility index (Phi) is 4.66. The van der Waals surface area contributed by atoms with Crippen molar-refractivity contribution in [3.8, 4) is 17.6 Å². The molecule has 24 heavy (non-hydrogen) atoms. The van der Waals surface area contributed by atoms with E-state index in [-0.39, 0.29) is 12.7 Å². The van der Waals surface area contributed by atoms with Crippen molar-refractivity contribution >= 4 is 5.91 Å². The van der Waals surface area contributed by atoms with Gasteiger partial charge in [0.05, 0.1) is 11.6 Å². The van der Waals surface area contributed by atoms with Crippen molar-refractivity contribution in [2.75, 3.05) is 13.8 Å². The molecule has 1 heterocycles. The van der Waals surface area contributed by atoms with E-state index >= 15 is 0 Å². The Morgan fingerprint density at radius 2 is 1.83 bits per heavy atom. The third-order valence-corrected chi connectivity index (χ3v) is 3.99. The van der Waals surface area contributed by atoms with Gasteiger partial charge in [-0.05, 0) is 41.8 Å². The minimum atomic E-state index is 0.0806. The Morgan fingerprint density at radius 1 is 1.12 bits per heavy atom. The highest BCUT2D eigenvalue weighted by atomic mass is 16.7. The molecule has 0 N–H and O–H groups in total. The Bertz CT molecular complexity index is 778. The molecule has 0 saturated carbocycles. The molecule has 0 atom stereocenters. The Hall–Kier alpha value is -3.00. The fourth-order valence-electron chi connectivity index (χ4n) is 2.59. The summed E-state index contributed by atoms with van der Waals surface area (Å²) in [5.41, 5.74) is 2.69. The molecule has 1 aliphatic rings. The lowest BCUT2D eigenvalue weighted by atomic mass is 10.1. The van der Waals surface area contributed by atoms with Crippen LogP contribution in [0.15, 0.2) is 42.5 Å². The van der Waals surface area contributed by atoms with Crippen LogP contribution in [0.5, 0.6) is 11.5 Å². The first-order valence-electron chi connectivity index (χ1n) is 7.77. The molecule has 122 valence electrons. The summed E-state index contributed by atoms with van der Waals surface area (Å²) in [6.07, 6.45) is 1.10. The first kappa shape index (κ1) is 15.9. The summed E-state index contributed by atoms with van der Waals surface area (Å²) in [5, 5.41) is 8.79. The van der Waals surface area contributed by atoms with Gasteiger partial charge < -0.3 is 14.4 Å². The van der Waals surface area contributed by atoms with E-state index in [9.17, 15) is 4.79 Å². The molecule has 0 spiro atoms. The quantitative estimate of drug-likeness (QED) is 0.849. The Balaban J connectivity index is 1.53. The summed E-state index contributed by atoms with van der Waals surface area (Å²) in [7, 11) is 1.80. The van der Waals surface area contributed by atoms with E-state index in [0.717, 1.165) is 22.6 Å². The van der Waals surface area contributed by atoms with Gasteiger partial charge in [-0.25, -0.2) is 0 Å². The zero-order valence-corrected chi connectivity index (χ0v) is 13.5. The first-order valence-corrected chi connectivity index (χ1v) is 7.77. The van der Waals surface area contributed by atoms with Crippen molar-refractivity contribution in [2.24, 2.45) is 0 Å². The van der Waals surface area contributed by atoms with Crippen LogP contribution in [0.3, 0.4) is 0 Å². The summed E-state index contributed by atoms with van der Waals surface area (Å²) >= 11 is 0.